The Labute approximate surface area is 119 Å². The van der Waals surface area contributed by atoms with Crippen molar-refractivity contribution in [1.82, 2.24) is 30.8 Å². The fourth-order valence-electron chi connectivity index (χ4n) is 0.907. The number of phosphoric ester groups is 1. The predicted molar refractivity (Wildman–Crippen MR) is 69.6 cm³/mol. The van der Waals surface area contributed by atoms with Crippen LogP contribution in [0.3, 0.4) is 0 Å². The molecule has 3 rings (SSSR count). The van der Waals surface area contributed by atoms with E-state index in [0.29, 0.717) is 0 Å². The monoisotopic (exact) mass is 310 g/mol. The lowest BCUT2D eigenvalue weighted by Crippen LogP contribution is -1.88. The molecule has 0 saturated heterocycles. The zero-order valence-corrected chi connectivity index (χ0v) is 11.4. The number of rotatable bonds is 2. The van der Waals surface area contributed by atoms with Crippen LogP contribution in [0.25, 0.3) is 0 Å². The maximum atomic E-state index is 10.3. The molecular formula is C10H11N6O4P-2. The van der Waals surface area contributed by atoms with Crippen molar-refractivity contribution in [3.05, 3.63) is 55.1 Å². The molecule has 1 aromatic carbocycles. The lowest BCUT2D eigenvalue weighted by molar-refractivity contribution is 0.283. The molecule has 0 radical (unpaired) electrons. The van der Waals surface area contributed by atoms with E-state index in [-0.39, 0.29) is 5.75 Å². The Balaban J connectivity index is 0.000000181. The van der Waals surface area contributed by atoms with Gasteiger partial charge in [-0.25, -0.2) is 4.57 Å². The van der Waals surface area contributed by atoms with Gasteiger partial charge in [-0.3, -0.25) is 9.79 Å². The summed E-state index contributed by atoms with van der Waals surface area (Å²) >= 11 is 0. The molecule has 0 aliphatic heterocycles. The van der Waals surface area contributed by atoms with Gasteiger partial charge in [0, 0.05) is 0 Å². The Kier molecular flexibility index (Phi) is 7.36. The van der Waals surface area contributed by atoms with Gasteiger partial charge in [-0.1, -0.05) is 18.2 Å². The molecule has 0 amide bonds. The van der Waals surface area contributed by atoms with E-state index >= 15 is 0 Å². The van der Waals surface area contributed by atoms with Crippen LogP contribution in [0.5, 0.6) is 5.75 Å². The van der Waals surface area contributed by atoms with Crippen molar-refractivity contribution in [3.8, 4) is 5.75 Å². The van der Waals surface area contributed by atoms with Crippen LogP contribution in [0.2, 0.25) is 0 Å². The molecule has 0 bridgehead atoms. The summed E-state index contributed by atoms with van der Waals surface area (Å²) in [4.78, 5) is 16.7. The molecular weight excluding hydrogens is 299 g/mol. The van der Waals surface area contributed by atoms with Crippen LogP contribution < -0.4 is 4.52 Å². The standard InChI is InChI=1S/C6H7O4P.2C2H2N3/c7-11(8,9)10-6-4-2-1-3-5-6;2*1-2-4-5-3-1/h1-5H,(H2,7,8,9);2*1H,(H,3,4,5)/q;2*-1. The number of nitrogens with zero attached hydrogens (tertiary/aromatic N) is 4. The predicted octanol–water partition coefficient (Wildman–Crippen LogP) is 0.368. The van der Waals surface area contributed by atoms with Gasteiger partial charge in [0.1, 0.15) is 5.75 Å². The molecule has 2 heterocycles. The van der Waals surface area contributed by atoms with E-state index in [9.17, 15) is 4.57 Å². The SMILES string of the molecule is O=P(O)(O)Oc1ccccc1.[c-]1c[nH]nn1.[c-]1c[nH]nn1. The first-order chi connectivity index (χ1) is 10.1. The highest BCUT2D eigenvalue weighted by Gasteiger charge is 2.14. The quantitative estimate of drug-likeness (QED) is 0.391. The van der Waals surface area contributed by atoms with E-state index in [0.717, 1.165) is 0 Å². The third kappa shape index (κ3) is 9.96. The number of nitrogens with one attached hydrogen (secondary N) is 2. The fourth-order valence-corrected chi connectivity index (χ4v) is 1.30. The van der Waals surface area contributed by atoms with Crippen molar-refractivity contribution in [2.45, 2.75) is 0 Å². The Morgan fingerprint density at radius 2 is 1.52 bits per heavy atom. The Bertz CT molecular complexity index is 537. The van der Waals surface area contributed by atoms with Gasteiger partial charge in [0.25, 0.3) is 0 Å². The van der Waals surface area contributed by atoms with E-state index in [1.165, 1.54) is 24.5 Å². The van der Waals surface area contributed by atoms with E-state index in [1.807, 2.05) is 0 Å². The minimum absolute atomic E-state index is 0.167. The lowest BCUT2D eigenvalue weighted by atomic mass is 10.3. The fraction of sp³-hybridized carbons (Fsp3) is 0. The van der Waals surface area contributed by atoms with Gasteiger partial charge < -0.3 is 37.3 Å². The Hall–Kier alpha value is -2.55. The molecule has 2 aromatic heterocycles. The van der Waals surface area contributed by atoms with E-state index in [4.69, 9.17) is 9.79 Å². The van der Waals surface area contributed by atoms with Gasteiger partial charge >= 0.3 is 7.82 Å². The number of benzene rings is 1. The molecule has 0 atom stereocenters. The van der Waals surface area contributed by atoms with Crippen molar-refractivity contribution in [2.24, 2.45) is 0 Å². The highest BCUT2D eigenvalue weighted by atomic mass is 31.2. The van der Waals surface area contributed by atoms with Crippen LogP contribution in [-0.4, -0.2) is 40.6 Å². The number of H-pyrrole nitrogens is 2. The number of aromatic amines is 2. The molecule has 0 spiro atoms. The van der Waals surface area contributed by atoms with E-state index in [1.54, 1.807) is 18.2 Å². The maximum absolute atomic E-state index is 10.3. The van der Waals surface area contributed by atoms with Gasteiger partial charge in [0.2, 0.25) is 0 Å². The summed E-state index contributed by atoms with van der Waals surface area (Å²) in [5.41, 5.74) is 0. The molecule has 0 aliphatic carbocycles. The lowest BCUT2D eigenvalue weighted by Gasteiger charge is -2.04. The van der Waals surface area contributed by atoms with Crippen molar-refractivity contribution >= 4 is 7.82 Å². The van der Waals surface area contributed by atoms with Crippen LogP contribution in [0, 0.1) is 12.4 Å². The molecule has 10 nitrogen and oxygen atoms in total. The highest BCUT2D eigenvalue weighted by molar-refractivity contribution is 7.46. The van der Waals surface area contributed by atoms with E-state index < -0.39 is 7.82 Å². The topological polar surface area (TPSA) is 150 Å². The third-order valence-corrected chi connectivity index (χ3v) is 2.01. The summed E-state index contributed by atoms with van der Waals surface area (Å²) in [6.45, 7) is 0. The Morgan fingerprint density at radius 1 is 1.00 bits per heavy atom. The molecule has 3 aromatic rings. The van der Waals surface area contributed by atoms with Gasteiger partial charge in [0.05, 0.1) is 0 Å². The summed E-state index contributed by atoms with van der Waals surface area (Å²) in [5.74, 6) is 0.167. The van der Waals surface area contributed by atoms with Crippen LogP contribution in [0.4, 0.5) is 0 Å². The smallest absolute Gasteiger partial charge is 0.404 e. The normalized spacial score (nSPS) is 9.62. The molecule has 0 aliphatic rings. The second kappa shape index (κ2) is 9.37. The number of aromatic nitrogens is 6. The summed E-state index contributed by atoms with van der Waals surface area (Å²) < 4.78 is 14.5. The summed E-state index contributed by atoms with van der Waals surface area (Å²) in [6, 6.07) is 7.93. The largest absolute Gasteiger partial charge is 0.524 e. The maximum Gasteiger partial charge on any atom is 0.524 e. The zero-order chi connectivity index (χ0) is 15.4. The minimum atomic E-state index is -4.39. The second-order valence-corrected chi connectivity index (χ2v) is 4.26. The summed E-state index contributed by atoms with van der Waals surface area (Å²) in [5, 5.41) is 18.1. The number of hydrogen-bond acceptors (Lipinski definition) is 6. The molecule has 21 heavy (non-hydrogen) atoms. The molecule has 11 heteroatoms. The molecule has 0 unspecified atom stereocenters. The Morgan fingerprint density at radius 3 is 1.81 bits per heavy atom. The van der Waals surface area contributed by atoms with E-state index in [2.05, 4.69) is 47.7 Å². The first-order valence-electron chi connectivity index (χ1n) is 5.33. The minimum Gasteiger partial charge on any atom is -0.404 e. The average molecular weight is 310 g/mol. The van der Waals surface area contributed by atoms with Gasteiger partial charge in [-0.15, -0.1) is 22.8 Å². The van der Waals surface area contributed by atoms with Crippen molar-refractivity contribution < 1.29 is 18.9 Å². The van der Waals surface area contributed by atoms with Gasteiger partial charge in [-0.2, -0.15) is 0 Å². The number of phosphoric acid groups is 1. The van der Waals surface area contributed by atoms with Crippen molar-refractivity contribution in [2.75, 3.05) is 0 Å². The molecule has 4 N–H and O–H groups in total. The average Bonchev–Trinajstić information content (AvgIpc) is 3.17. The van der Waals surface area contributed by atoms with Gasteiger partial charge in [-0.05, 0) is 12.1 Å². The third-order valence-electron chi connectivity index (χ3n) is 1.56. The number of para-hydroxylation sites is 1. The van der Waals surface area contributed by atoms with Crippen LogP contribution >= 0.6 is 7.82 Å². The van der Waals surface area contributed by atoms with Crippen LogP contribution in [0.15, 0.2) is 42.7 Å². The summed E-state index contributed by atoms with van der Waals surface area (Å²) in [7, 11) is -4.39. The second-order valence-electron chi connectivity index (χ2n) is 3.10. The van der Waals surface area contributed by atoms with Crippen molar-refractivity contribution in [1.29, 1.82) is 0 Å². The van der Waals surface area contributed by atoms with Crippen LogP contribution in [0.1, 0.15) is 0 Å². The van der Waals surface area contributed by atoms with Gasteiger partial charge in [0.15, 0.2) is 0 Å². The molecule has 112 valence electrons. The molecule has 0 fully saturated rings. The zero-order valence-electron chi connectivity index (χ0n) is 10.5. The molecule has 0 saturated carbocycles. The highest BCUT2D eigenvalue weighted by Crippen LogP contribution is 2.36. The summed E-state index contributed by atoms with van der Waals surface area (Å²) in [6.07, 6.45) is 7.94. The first-order valence-corrected chi connectivity index (χ1v) is 6.86. The number of hydrogen-bond donors (Lipinski definition) is 4. The van der Waals surface area contributed by atoms with Crippen LogP contribution in [-0.2, 0) is 4.57 Å². The first kappa shape index (κ1) is 16.5. The van der Waals surface area contributed by atoms with Crippen molar-refractivity contribution in [3.63, 3.8) is 0 Å².